The summed E-state index contributed by atoms with van der Waals surface area (Å²) in [5.74, 6) is -1.27. The second-order valence-electron chi connectivity index (χ2n) is 2.39. The number of sulfonamides is 1. The molecule has 0 aliphatic carbocycles. The molecule has 1 aromatic rings. The summed E-state index contributed by atoms with van der Waals surface area (Å²) >= 11 is 0. The highest BCUT2D eigenvalue weighted by Crippen LogP contribution is 2.22. The molecule has 0 bridgehead atoms. The molecule has 14 heavy (non-hydrogen) atoms. The molecule has 0 amide bonds. The monoisotopic (exact) mass is 226 g/mol. The third-order valence-corrected chi connectivity index (χ3v) is 2.19. The van der Waals surface area contributed by atoms with Gasteiger partial charge in [0.25, 0.3) is 16.4 Å². The molecule has 0 aliphatic heterocycles. The van der Waals surface area contributed by atoms with Crippen molar-refractivity contribution in [2.45, 2.75) is 11.5 Å². The van der Waals surface area contributed by atoms with E-state index in [0.717, 1.165) is 0 Å². The lowest BCUT2D eigenvalue weighted by molar-refractivity contribution is 0.145. The lowest BCUT2D eigenvalue weighted by Gasteiger charge is -2.02. The number of primary sulfonamides is 1. The highest BCUT2D eigenvalue weighted by Gasteiger charge is 2.18. The minimum absolute atomic E-state index is 0.390. The zero-order chi connectivity index (χ0) is 10.9. The minimum atomic E-state index is -4.19. The lowest BCUT2D eigenvalue weighted by Crippen LogP contribution is -2.14. The molecule has 2 N–H and O–H groups in total. The van der Waals surface area contributed by atoms with Crippen LogP contribution in [-0.4, -0.2) is 13.4 Å². The van der Waals surface area contributed by atoms with Gasteiger partial charge in [-0.15, -0.1) is 0 Å². The molecule has 1 aromatic heterocycles. The summed E-state index contributed by atoms with van der Waals surface area (Å²) < 4.78 is 58.1. The molecule has 4 nitrogen and oxygen atoms in total. The number of aromatic nitrogens is 1. The first-order valence-corrected chi connectivity index (χ1v) is 4.83. The van der Waals surface area contributed by atoms with Gasteiger partial charge >= 0.3 is 0 Å². The van der Waals surface area contributed by atoms with E-state index in [9.17, 15) is 21.6 Å². The molecule has 0 spiro atoms. The molecule has 0 saturated heterocycles. The summed E-state index contributed by atoms with van der Waals surface area (Å²) in [5, 5.41) is 3.84. The van der Waals surface area contributed by atoms with Gasteiger partial charge in [-0.1, -0.05) is 0 Å². The van der Waals surface area contributed by atoms with Crippen LogP contribution >= 0.6 is 0 Å². The fourth-order valence-electron chi connectivity index (χ4n) is 0.757. The van der Waals surface area contributed by atoms with Crippen LogP contribution in [0.1, 0.15) is 12.0 Å². The molecule has 0 aromatic carbocycles. The molecule has 0 atom stereocenters. The van der Waals surface area contributed by atoms with Crippen LogP contribution < -0.4 is 5.14 Å². The van der Waals surface area contributed by atoms with Gasteiger partial charge in [0.1, 0.15) is 5.82 Å². The van der Waals surface area contributed by atoms with Gasteiger partial charge in [-0.25, -0.2) is 31.7 Å². The molecular formula is C6H5F3N2O2S. The number of halogens is 3. The average molecular weight is 226 g/mol. The maximum absolute atomic E-state index is 12.6. The maximum atomic E-state index is 12.6. The number of nitrogens with two attached hydrogens (primary N) is 1. The zero-order valence-corrected chi connectivity index (χ0v) is 7.43. The van der Waals surface area contributed by atoms with E-state index >= 15 is 0 Å². The largest absolute Gasteiger partial charge is 0.266 e. The van der Waals surface area contributed by atoms with Crippen LogP contribution in [0, 0.1) is 5.82 Å². The average Bonchev–Trinajstić information content (AvgIpc) is 2.02. The van der Waals surface area contributed by atoms with Crippen LogP contribution in [0.15, 0.2) is 17.3 Å². The Hall–Kier alpha value is -1.15. The van der Waals surface area contributed by atoms with Gasteiger partial charge in [0.15, 0.2) is 5.03 Å². The molecule has 0 aliphatic rings. The Morgan fingerprint density at radius 1 is 1.43 bits per heavy atom. The molecule has 0 saturated carbocycles. The minimum Gasteiger partial charge on any atom is -0.240 e. The van der Waals surface area contributed by atoms with Gasteiger partial charge in [0.2, 0.25) is 0 Å². The summed E-state index contributed by atoms with van der Waals surface area (Å²) in [6.07, 6.45) is -2.72. The van der Waals surface area contributed by atoms with E-state index in [1.807, 2.05) is 0 Å². The number of rotatable bonds is 2. The van der Waals surface area contributed by atoms with Crippen LogP contribution in [-0.2, 0) is 10.0 Å². The van der Waals surface area contributed by atoms with Crippen LogP contribution in [0.25, 0.3) is 0 Å². The van der Waals surface area contributed by atoms with Gasteiger partial charge in [-0.05, 0) is 6.07 Å². The molecule has 78 valence electrons. The van der Waals surface area contributed by atoms with Crippen molar-refractivity contribution in [2.24, 2.45) is 5.14 Å². The molecule has 0 radical (unpaired) electrons. The Morgan fingerprint density at radius 3 is 2.43 bits per heavy atom. The molecule has 8 heteroatoms. The highest BCUT2D eigenvalue weighted by atomic mass is 32.2. The van der Waals surface area contributed by atoms with Crippen molar-refractivity contribution in [1.29, 1.82) is 0 Å². The van der Waals surface area contributed by atoms with Crippen molar-refractivity contribution >= 4 is 10.0 Å². The third kappa shape index (κ3) is 2.20. The lowest BCUT2D eigenvalue weighted by atomic mass is 10.3. The predicted molar refractivity (Wildman–Crippen MR) is 40.5 cm³/mol. The van der Waals surface area contributed by atoms with E-state index < -0.39 is 32.9 Å². The van der Waals surface area contributed by atoms with Crippen LogP contribution in [0.4, 0.5) is 13.2 Å². The first-order chi connectivity index (χ1) is 6.32. The Labute approximate surface area is 77.6 Å². The second kappa shape index (κ2) is 3.54. The Bertz CT molecular complexity index is 446. The standard InChI is InChI=1S/C6H5F3N2O2S/c7-4-2-11-5(14(10,12)13)1-3(4)6(8)9/h1-2,6H,(H2,10,12,13). The highest BCUT2D eigenvalue weighted by molar-refractivity contribution is 7.89. The third-order valence-electron chi connectivity index (χ3n) is 1.39. The predicted octanol–water partition coefficient (Wildman–Crippen LogP) is 0.806. The number of pyridine rings is 1. The summed E-state index contributed by atoms with van der Waals surface area (Å²) in [4.78, 5) is 3.07. The molecule has 1 heterocycles. The maximum Gasteiger partial charge on any atom is 0.266 e. The fraction of sp³-hybridized carbons (Fsp3) is 0.167. The van der Waals surface area contributed by atoms with Crippen LogP contribution in [0.3, 0.4) is 0 Å². The van der Waals surface area contributed by atoms with Gasteiger partial charge in [-0.2, -0.15) is 0 Å². The van der Waals surface area contributed by atoms with E-state index in [0.29, 0.717) is 12.3 Å². The van der Waals surface area contributed by atoms with Gasteiger partial charge in [0.05, 0.1) is 11.8 Å². The molecule has 0 unspecified atom stereocenters. The van der Waals surface area contributed by atoms with E-state index in [-0.39, 0.29) is 0 Å². The molecule has 1 rings (SSSR count). The molecular weight excluding hydrogens is 221 g/mol. The van der Waals surface area contributed by atoms with E-state index in [2.05, 4.69) is 10.1 Å². The van der Waals surface area contributed by atoms with Gasteiger partial charge in [-0.3, -0.25) is 0 Å². The van der Waals surface area contributed by atoms with Crippen molar-refractivity contribution in [3.8, 4) is 0 Å². The van der Waals surface area contributed by atoms with Crippen molar-refractivity contribution in [1.82, 2.24) is 4.98 Å². The second-order valence-corrected chi connectivity index (χ2v) is 3.90. The van der Waals surface area contributed by atoms with Crippen molar-refractivity contribution in [2.75, 3.05) is 0 Å². The quantitative estimate of drug-likeness (QED) is 0.810. The summed E-state index contributed by atoms with van der Waals surface area (Å²) in [6, 6.07) is 0.412. The van der Waals surface area contributed by atoms with Crippen molar-refractivity contribution in [3.63, 3.8) is 0 Å². The fourth-order valence-corrected chi connectivity index (χ4v) is 1.25. The van der Waals surface area contributed by atoms with Crippen LogP contribution in [0.5, 0.6) is 0 Å². The van der Waals surface area contributed by atoms with E-state index in [4.69, 9.17) is 0 Å². The first-order valence-electron chi connectivity index (χ1n) is 3.29. The van der Waals surface area contributed by atoms with E-state index in [1.54, 1.807) is 0 Å². The smallest absolute Gasteiger partial charge is 0.240 e. The summed E-state index contributed by atoms with van der Waals surface area (Å²) in [7, 11) is -4.19. The van der Waals surface area contributed by atoms with Crippen molar-refractivity contribution < 1.29 is 21.6 Å². The number of hydrogen-bond donors (Lipinski definition) is 1. The number of alkyl halides is 2. The SMILES string of the molecule is NS(=O)(=O)c1cc(C(F)F)c(F)cn1. The first kappa shape index (κ1) is 10.9. The van der Waals surface area contributed by atoms with Gasteiger partial charge < -0.3 is 0 Å². The van der Waals surface area contributed by atoms with Crippen LogP contribution in [0.2, 0.25) is 0 Å². The zero-order valence-electron chi connectivity index (χ0n) is 6.62. The Kier molecular flexibility index (Phi) is 2.76. The summed E-state index contributed by atoms with van der Waals surface area (Å²) in [5.41, 5.74) is -1.04. The number of nitrogens with zero attached hydrogens (tertiary/aromatic N) is 1. The normalized spacial score (nSPS) is 12.1. The Balaban J connectivity index is 3.34. The summed E-state index contributed by atoms with van der Waals surface area (Å²) in [6.45, 7) is 0. The molecule has 0 fully saturated rings. The topological polar surface area (TPSA) is 73.1 Å². The number of hydrogen-bond acceptors (Lipinski definition) is 3. The van der Waals surface area contributed by atoms with Crippen molar-refractivity contribution in [3.05, 3.63) is 23.6 Å². The van der Waals surface area contributed by atoms with Gasteiger partial charge in [0, 0.05) is 0 Å². The Morgan fingerprint density at radius 2 is 2.00 bits per heavy atom. The van der Waals surface area contributed by atoms with E-state index in [1.165, 1.54) is 0 Å².